The summed E-state index contributed by atoms with van der Waals surface area (Å²) in [5, 5.41) is 1.83. The molecule has 2 aliphatic heterocycles. The van der Waals surface area contributed by atoms with Crippen molar-refractivity contribution in [2.45, 2.75) is 38.1 Å². The van der Waals surface area contributed by atoms with Crippen molar-refractivity contribution in [3.8, 4) is 0 Å². The van der Waals surface area contributed by atoms with E-state index < -0.39 is 0 Å². The summed E-state index contributed by atoms with van der Waals surface area (Å²) in [6.07, 6.45) is 8.28. The molecule has 1 aromatic heterocycles. The van der Waals surface area contributed by atoms with E-state index in [1.54, 1.807) is 6.33 Å². The summed E-state index contributed by atoms with van der Waals surface area (Å²) in [5.74, 6) is 1.06. The van der Waals surface area contributed by atoms with Crippen LogP contribution in [0, 0.1) is 0 Å². The predicted octanol–water partition coefficient (Wildman–Crippen LogP) is 3.74. The van der Waals surface area contributed by atoms with Gasteiger partial charge in [0.25, 0.3) is 0 Å². The van der Waals surface area contributed by atoms with Crippen LogP contribution in [-0.4, -0.2) is 47.1 Å². The van der Waals surface area contributed by atoms with Crippen molar-refractivity contribution in [2.24, 2.45) is 0 Å². The van der Waals surface area contributed by atoms with Gasteiger partial charge in [0.1, 0.15) is 12.1 Å². The van der Waals surface area contributed by atoms with Gasteiger partial charge in [0.2, 0.25) is 0 Å². The molecule has 2 aliphatic rings. The molecular weight excluding hydrogens is 308 g/mol. The summed E-state index contributed by atoms with van der Waals surface area (Å²) < 4.78 is 0. The van der Waals surface area contributed by atoms with Crippen LogP contribution in [0.25, 0.3) is 10.9 Å². The molecule has 1 aromatic carbocycles. The minimum atomic E-state index is 0.728. The lowest BCUT2D eigenvalue weighted by Crippen LogP contribution is -2.47. The van der Waals surface area contributed by atoms with Crippen LogP contribution >= 0.6 is 11.6 Å². The summed E-state index contributed by atoms with van der Waals surface area (Å²) in [6, 6.07) is 6.65. The average molecular weight is 331 g/mol. The molecule has 23 heavy (non-hydrogen) atoms. The predicted molar refractivity (Wildman–Crippen MR) is 95.2 cm³/mol. The Kier molecular flexibility index (Phi) is 4.36. The number of hydrogen-bond donors (Lipinski definition) is 0. The smallest absolute Gasteiger partial charge is 0.139 e. The van der Waals surface area contributed by atoms with Crippen molar-refractivity contribution in [1.82, 2.24) is 14.9 Å². The largest absolute Gasteiger partial charge is 0.356 e. The first-order chi connectivity index (χ1) is 11.3. The number of likely N-dealkylation sites (tertiary alicyclic amines) is 1. The minimum Gasteiger partial charge on any atom is -0.356 e. The molecular formula is C18H23ClN4. The molecule has 2 saturated heterocycles. The molecule has 0 radical (unpaired) electrons. The first kappa shape index (κ1) is 15.2. The van der Waals surface area contributed by atoms with E-state index in [4.69, 9.17) is 11.6 Å². The van der Waals surface area contributed by atoms with Crippen molar-refractivity contribution in [3.05, 3.63) is 29.5 Å². The minimum absolute atomic E-state index is 0.728. The number of nitrogens with zero attached hydrogens (tertiary/aromatic N) is 4. The van der Waals surface area contributed by atoms with E-state index in [2.05, 4.69) is 19.8 Å². The summed E-state index contributed by atoms with van der Waals surface area (Å²) in [7, 11) is 0. The summed E-state index contributed by atoms with van der Waals surface area (Å²) in [5.41, 5.74) is 0.931. The van der Waals surface area contributed by atoms with Gasteiger partial charge in [-0.3, -0.25) is 0 Å². The second kappa shape index (κ2) is 6.62. The lowest BCUT2D eigenvalue weighted by atomic mass is 9.99. The number of hydrogen-bond acceptors (Lipinski definition) is 4. The van der Waals surface area contributed by atoms with Crippen molar-refractivity contribution in [3.63, 3.8) is 0 Å². The van der Waals surface area contributed by atoms with Crippen molar-refractivity contribution >= 4 is 28.3 Å². The molecule has 0 saturated carbocycles. The molecule has 0 bridgehead atoms. The molecule has 122 valence electrons. The molecule has 5 heteroatoms. The average Bonchev–Trinajstić information content (AvgIpc) is 2.62. The van der Waals surface area contributed by atoms with Crippen molar-refractivity contribution < 1.29 is 0 Å². The lowest BCUT2D eigenvalue weighted by molar-refractivity contribution is 0.141. The first-order valence-corrected chi connectivity index (χ1v) is 9.08. The maximum atomic E-state index is 6.08. The van der Waals surface area contributed by atoms with E-state index in [9.17, 15) is 0 Å². The topological polar surface area (TPSA) is 32.3 Å². The Morgan fingerprint density at radius 2 is 1.74 bits per heavy atom. The van der Waals surface area contributed by atoms with Crippen LogP contribution in [0.5, 0.6) is 0 Å². The van der Waals surface area contributed by atoms with Crippen molar-refractivity contribution in [2.75, 3.05) is 31.1 Å². The maximum absolute atomic E-state index is 6.08. The molecule has 0 spiro atoms. The fourth-order valence-corrected chi connectivity index (χ4v) is 4.16. The molecule has 0 N–H and O–H groups in total. The highest BCUT2D eigenvalue weighted by molar-refractivity contribution is 6.31. The number of fused-ring (bicyclic) bond motifs is 1. The third-order valence-corrected chi connectivity index (χ3v) is 5.48. The quantitative estimate of drug-likeness (QED) is 0.839. The van der Waals surface area contributed by atoms with Crippen LogP contribution in [-0.2, 0) is 0 Å². The van der Waals surface area contributed by atoms with E-state index in [0.717, 1.165) is 40.9 Å². The Hall–Kier alpha value is -1.39. The number of aromatic nitrogens is 2. The van der Waals surface area contributed by atoms with Crippen LogP contribution in [0.15, 0.2) is 24.5 Å². The number of piperidine rings is 2. The molecule has 0 aliphatic carbocycles. The molecule has 4 nitrogen and oxygen atoms in total. The van der Waals surface area contributed by atoms with E-state index in [1.165, 1.54) is 45.2 Å². The van der Waals surface area contributed by atoms with Crippen LogP contribution in [0.3, 0.4) is 0 Å². The van der Waals surface area contributed by atoms with Crippen LogP contribution in [0.1, 0.15) is 32.1 Å². The molecule has 4 rings (SSSR count). The monoisotopic (exact) mass is 330 g/mol. The van der Waals surface area contributed by atoms with E-state index >= 15 is 0 Å². The number of halogens is 1. The molecule has 0 unspecified atom stereocenters. The van der Waals surface area contributed by atoms with Crippen molar-refractivity contribution in [1.29, 1.82) is 0 Å². The summed E-state index contributed by atoms with van der Waals surface area (Å²) >= 11 is 6.08. The molecule has 3 heterocycles. The van der Waals surface area contributed by atoms with E-state index in [-0.39, 0.29) is 0 Å². The third-order valence-electron chi connectivity index (χ3n) is 5.25. The second-order valence-electron chi connectivity index (χ2n) is 6.67. The summed E-state index contributed by atoms with van der Waals surface area (Å²) in [6.45, 7) is 4.74. The van der Waals surface area contributed by atoms with Crippen LogP contribution in [0.4, 0.5) is 5.82 Å². The Labute approximate surface area is 142 Å². The third kappa shape index (κ3) is 3.15. The first-order valence-electron chi connectivity index (χ1n) is 8.70. The van der Waals surface area contributed by atoms with Gasteiger partial charge in [-0.25, -0.2) is 9.97 Å². The van der Waals surface area contributed by atoms with Crippen LogP contribution in [0.2, 0.25) is 5.02 Å². The number of benzene rings is 1. The zero-order valence-corrected chi connectivity index (χ0v) is 14.2. The SMILES string of the molecule is Clc1ccc2c(N3CCC(N4CCCCC4)CC3)ncnc2c1. The number of anilines is 1. The standard InChI is InChI=1S/C18H23ClN4/c19-14-4-5-16-17(12-14)20-13-21-18(16)23-10-6-15(7-11-23)22-8-2-1-3-9-22/h4-5,12-13,15H,1-3,6-11H2. The highest BCUT2D eigenvalue weighted by Gasteiger charge is 2.26. The normalized spacial score (nSPS) is 21.0. The summed E-state index contributed by atoms with van der Waals surface area (Å²) in [4.78, 5) is 14.0. The zero-order chi connectivity index (χ0) is 15.6. The Morgan fingerprint density at radius 3 is 2.52 bits per heavy atom. The fourth-order valence-electron chi connectivity index (χ4n) is 3.99. The van der Waals surface area contributed by atoms with Gasteiger partial charge in [-0.2, -0.15) is 0 Å². The van der Waals surface area contributed by atoms with Gasteiger partial charge in [0.05, 0.1) is 5.52 Å². The molecule has 0 amide bonds. The van der Waals surface area contributed by atoms with E-state index in [1.807, 2.05) is 18.2 Å². The molecule has 2 aromatic rings. The lowest BCUT2D eigenvalue weighted by Gasteiger charge is -2.40. The van der Waals surface area contributed by atoms with Gasteiger partial charge in [0.15, 0.2) is 0 Å². The van der Waals surface area contributed by atoms with Gasteiger partial charge in [-0.05, 0) is 57.0 Å². The van der Waals surface area contributed by atoms with Crippen LogP contribution < -0.4 is 4.90 Å². The van der Waals surface area contributed by atoms with Gasteiger partial charge in [-0.1, -0.05) is 18.0 Å². The fraction of sp³-hybridized carbons (Fsp3) is 0.556. The highest BCUT2D eigenvalue weighted by atomic mass is 35.5. The van der Waals surface area contributed by atoms with Gasteiger partial charge in [-0.15, -0.1) is 0 Å². The van der Waals surface area contributed by atoms with Gasteiger partial charge >= 0.3 is 0 Å². The van der Waals surface area contributed by atoms with Gasteiger partial charge in [0, 0.05) is 29.5 Å². The highest BCUT2D eigenvalue weighted by Crippen LogP contribution is 2.29. The second-order valence-corrected chi connectivity index (χ2v) is 7.11. The maximum Gasteiger partial charge on any atom is 0.139 e. The Bertz CT molecular complexity index is 676. The molecule has 2 fully saturated rings. The van der Waals surface area contributed by atoms with Gasteiger partial charge < -0.3 is 9.80 Å². The Morgan fingerprint density at radius 1 is 0.957 bits per heavy atom. The zero-order valence-electron chi connectivity index (χ0n) is 13.4. The number of rotatable bonds is 2. The molecule has 0 atom stereocenters. The van der Waals surface area contributed by atoms with E-state index in [0.29, 0.717) is 0 Å². The Balaban J connectivity index is 1.50.